The Morgan fingerprint density at radius 2 is 1.62 bits per heavy atom. The minimum Gasteiger partial charge on any atom is -0.489 e. The average Bonchev–Trinajstić information content (AvgIpc) is 3.87. The van der Waals surface area contributed by atoms with Crippen LogP contribution in [0.3, 0.4) is 0 Å². The van der Waals surface area contributed by atoms with Crippen LogP contribution in [0.1, 0.15) is 98.8 Å². The summed E-state index contributed by atoms with van der Waals surface area (Å²) in [5, 5.41) is 11.6. The molecule has 2 N–H and O–H groups in total. The Labute approximate surface area is 277 Å². The summed E-state index contributed by atoms with van der Waals surface area (Å²) in [5.74, 6) is 0.325. The molecular weight excluding hydrogens is 590 g/mol. The van der Waals surface area contributed by atoms with E-state index in [9.17, 15) is 14.4 Å². The minimum atomic E-state index is -0.956. The number of hydrogen-bond donors (Lipinski definition) is 2. The average molecular weight is 636 g/mol. The van der Waals surface area contributed by atoms with E-state index in [-0.39, 0.29) is 36.2 Å². The highest BCUT2D eigenvalue weighted by atomic mass is 16.5. The van der Waals surface area contributed by atoms with Gasteiger partial charge in [-0.2, -0.15) is 0 Å². The van der Waals surface area contributed by atoms with Crippen LogP contribution in [0.4, 0.5) is 0 Å². The first kappa shape index (κ1) is 32.5. The molecule has 0 aromatic heterocycles. The fraction of sp³-hybridized carbons (Fsp3) is 0.436. The third-order valence-corrected chi connectivity index (χ3v) is 10.1. The van der Waals surface area contributed by atoms with E-state index < -0.39 is 11.6 Å². The van der Waals surface area contributed by atoms with Crippen molar-refractivity contribution < 1.29 is 24.2 Å². The number of carbonyl (C=O) groups excluding carboxylic acids is 2. The zero-order chi connectivity index (χ0) is 33.2. The number of amides is 2. The third-order valence-electron chi connectivity index (χ3n) is 10.1. The number of benzene rings is 3. The molecule has 0 saturated heterocycles. The molecular formula is C39H45N3O5. The van der Waals surface area contributed by atoms with E-state index in [1.165, 1.54) is 0 Å². The molecule has 1 heterocycles. The van der Waals surface area contributed by atoms with Crippen LogP contribution in [0.15, 0.2) is 83.9 Å². The van der Waals surface area contributed by atoms with E-state index >= 15 is 0 Å². The maximum atomic E-state index is 14.6. The van der Waals surface area contributed by atoms with Crippen molar-refractivity contribution in [2.75, 3.05) is 6.54 Å². The highest BCUT2D eigenvalue weighted by Crippen LogP contribution is 2.54. The predicted molar refractivity (Wildman–Crippen MR) is 181 cm³/mol. The zero-order valence-electron chi connectivity index (χ0n) is 27.6. The standard InChI is InChI=1S/C39H45N3O5/c1-38(2,3)31-19-22-39(23-20-31)41-34(27-15-17-32(18-16-27)47-25-26-7-5-4-6-8-26)37(46)42(39)35(28-9-10-28)29-11-13-30(14-12-29)36(45)40-24-21-33(43)44/h4-8,11-18,28,31,35H,9-10,19-25H2,1-3H3,(H,40,45)(H,43,44)/t31?,35-,39?/m1/s1. The first-order chi connectivity index (χ1) is 22.5. The minimum absolute atomic E-state index is 0.0375. The number of hydrogen-bond acceptors (Lipinski definition) is 5. The first-order valence-corrected chi connectivity index (χ1v) is 16.8. The molecule has 0 unspecified atom stereocenters. The van der Waals surface area contributed by atoms with Gasteiger partial charge < -0.3 is 20.1 Å². The van der Waals surface area contributed by atoms with Crippen molar-refractivity contribution in [3.63, 3.8) is 0 Å². The van der Waals surface area contributed by atoms with E-state index in [0.717, 1.165) is 61.0 Å². The second kappa shape index (κ2) is 13.3. The van der Waals surface area contributed by atoms with Gasteiger partial charge in [-0.1, -0.05) is 63.2 Å². The molecule has 2 aliphatic carbocycles. The lowest BCUT2D eigenvalue weighted by molar-refractivity contribution is -0.137. The molecule has 2 saturated carbocycles. The summed E-state index contributed by atoms with van der Waals surface area (Å²) in [4.78, 5) is 45.6. The highest BCUT2D eigenvalue weighted by molar-refractivity contribution is 6.46. The molecule has 1 aliphatic heterocycles. The van der Waals surface area contributed by atoms with E-state index in [1.54, 1.807) is 12.1 Å². The van der Waals surface area contributed by atoms with Crippen LogP contribution < -0.4 is 10.1 Å². The van der Waals surface area contributed by atoms with Crippen LogP contribution >= 0.6 is 0 Å². The Morgan fingerprint density at radius 3 is 2.21 bits per heavy atom. The topological polar surface area (TPSA) is 108 Å². The van der Waals surface area contributed by atoms with E-state index in [2.05, 4.69) is 31.0 Å². The van der Waals surface area contributed by atoms with E-state index in [0.29, 0.717) is 29.7 Å². The van der Waals surface area contributed by atoms with Gasteiger partial charge in [0.05, 0.1) is 12.5 Å². The van der Waals surface area contributed by atoms with Crippen LogP contribution in [0, 0.1) is 17.3 Å². The molecule has 0 radical (unpaired) electrons. The summed E-state index contributed by atoms with van der Waals surface area (Å²) in [7, 11) is 0. The largest absolute Gasteiger partial charge is 0.489 e. The Kier molecular flexibility index (Phi) is 9.22. The molecule has 1 atom stereocenters. The van der Waals surface area contributed by atoms with Crippen molar-refractivity contribution in [1.82, 2.24) is 10.2 Å². The molecule has 8 heteroatoms. The Morgan fingerprint density at radius 1 is 0.957 bits per heavy atom. The van der Waals surface area contributed by atoms with Gasteiger partial charge in [0.2, 0.25) is 0 Å². The van der Waals surface area contributed by atoms with Gasteiger partial charge in [-0.15, -0.1) is 0 Å². The van der Waals surface area contributed by atoms with Crippen LogP contribution in [0.5, 0.6) is 5.75 Å². The molecule has 2 amide bonds. The lowest BCUT2D eigenvalue weighted by atomic mass is 9.69. The molecule has 47 heavy (non-hydrogen) atoms. The summed E-state index contributed by atoms with van der Waals surface area (Å²) in [5.41, 5.74) is 3.44. The van der Waals surface area contributed by atoms with E-state index in [1.807, 2.05) is 66.7 Å². The smallest absolute Gasteiger partial charge is 0.305 e. The van der Waals surface area contributed by atoms with Crippen LogP contribution in [-0.4, -0.2) is 45.7 Å². The van der Waals surface area contributed by atoms with Gasteiger partial charge in [-0.3, -0.25) is 19.4 Å². The van der Waals surface area contributed by atoms with E-state index in [4.69, 9.17) is 14.8 Å². The summed E-state index contributed by atoms with van der Waals surface area (Å²) in [6.07, 6.45) is 5.58. The lowest BCUT2D eigenvalue weighted by Crippen LogP contribution is -2.52. The van der Waals surface area contributed by atoms with Gasteiger partial charge in [-0.05, 0) is 103 Å². The number of aliphatic imine (C=N–C) groups is 1. The molecule has 3 aromatic rings. The molecule has 246 valence electrons. The number of carbonyl (C=O) groups is 3. The monoisotopic (exact) mass is 635 g/mol. The number of ether oxygens (including phenoxy) is 1. The van der Waals surface area contributed by atoms with Crippen molar-refractivity contribution in [2.24, 2.45) is 22.2 Å². The Hall–Kier alpha value is -4.46. The number of nitrogens with zero attached hydrogens (tertiary/aromatic N) is 2. The van der Waals surface area contributed by atoms with Crippen LogP contribution in [-0.2, 0) is 16.2 Å². The highest BCUT2D eigenvalue weighted by Gasteiger charge is 2.55. The molecule has 6 rings (SSSR count). The summed E-state index contributed by atoms with van der Waals surface area (Å²) >= 11 is 0. The summed E-state index contributed by atoms with van der Waals surface area (Å²) < 4.78 is 6.02. The van der Waals surface area contributed by atoms with Crippen molar-refractivity contribution in [3.05, 3.63) is 101 Å². The zero-order valence-corrected chi connectivity index (χ0v) is 27.6. The van der Waals surface area contributed by atoms with Gasteiger partial charge in [0, 0.05) is 17.7 Å². The predicted octanol–water partition coefficient (Wildman–Crippen LogP) is 7.19. The number of aliphatic carboxylic acids is 1. The van der Waals surface area contributed by atoms with Gasteiger partial charge in [-0.25, -0.2) is 0 Å². The normalized spacial score (nSPS) is 21.8. The maximum Gasteiger partial charge on any atom is 0.305 e. The molecule has 0 bridgehead atoms. The quantitative estimate of drug-likeness (QED) is 0.232. The second-order valence-electron chi connectivity index (χ2n) is 14.4. The Bertz CT molecular complexity index is 1610. The van der Waals surface area contributed by atoms with Crippen LogP contribution in [0.25, 0.3) is 0 Å². The Balaban J connectivity index is 1.27. The molecule has 3 aliphatic rings. The molecule has 8 nitrogen and oxygen atoms in total. The van der Waals surface area contributed by atoms with Crippen LogP contribution in [0.2, 0.25) is 0 Å². The number of nitrogens with one attached hydrogen (secondary N) is 1. The fourth-order valence-electron chi connectivity index (χ4n) is 7.20. The van der Waals surface area contributed by atoms with Gasteiger partial charge >= 0.3 is 5.97 Å². The van der Waals surface area contributed by atoms with Crippen molar-refractivity contribution in [1.29, 1.82) is 0 Å². The van der Waals surface area contributed by atoms with Crippen molar-refractivity contribution in [2.45, 2.75) is 84.0 Å². The fourth-order valence-corrected chi connectivity index (χ4v) is 7.20. The summed E-state index contributed by atoms with van der Waals surface area (Å²) in [6, 6.07) is 25.1. The summed E-state index contributed by atoms with van der Waals surface area (Å²) in [6.45, 7) is 7.44. The second-order valence-corrected chi connectivity index (χ2v) is 14.4. The van der Waals surface area contributed by atoms with Gasteiger partial charge in [0.1, 0.15) is 23.7 Å². The lowest BCUT2D eigenvalue weighted by Gasteiger charge is -2.47. The van der Waals surface area contributed by atoms with Gasteiger partial charge in [0.15, 0.2) is 0 Å². The number of rotatable bonds is 11. The number of carboxylic acids is 1. The SMILES string of the molecule is CC(C)(C)C1CCC2(CC1)N=C(c1ccc(OCc3ccccc3)cc1)C(=O)N2[C@@H](c1ccc(C(=O)NCCC(=O)O)cc1)C1CC1. The molecule has 2 fully saturated rings. The molecule has 3 aromatic carbocycles. The number of carboxylic acid groups (broad SMARTS) is 1. The van der Waals surface area contributed by atoms with Crippen molar-refractivity contribution in [3.8, 4) is 5.75 Å². The maximum absolute atomic E-state index is 14.6. The molecule has 1 spiro atoms. The third kappa shape index (κ3) is 7.27. The van der Waals surface area contributed by atoms with Gasteiger partial charge in [0.25, 0.3) is 11.8 Å². The first-order valence-electron chi connectivity index (χ1n) is 16.8. The van der Waals surface area contributed by atoms with Crippen molar-refractivity contribution >= 4 is 23.5 Å².